The molecule has 5 nitrogen and oxygen atoms in total. The number of para-hydroxylation sites is 1. The van der Waals surface area contributed by atoms with Crippen molar-refractivity contribution >= 4 is 45.0 Å². The van der Waals surface area contributed by atoms with E-state index in [1.807, 2.05) is 60.0 Å². The van der Waals surface area contributed by atoms with E-state index >= 15 is 0 Å². The summed E-state index contributed by atoms with van der Waals surface area (Å²) in [6.07, 6.45) is 0. The average molecular weight is 403 g/mol. The molecule has 0 aliphatic carbocycles. The maximum absolute atomic E-state index is 12.3. The van der Waals surface area contributed by atoms with Crippen LogP contribution in [0.25, 0.3) is 22.2 Å². The molecular formula is C21H14N4OS2. The molecule has 0 saturated heterocycles. The van der Waals surface area contributed by atoms with Crippen molar-refractivity contribution in [3.05, 3.63) is 71.6 Å². The van der Waals surface area contributed by atoms with Crippen LogP contribution in [0.15, 0.2) is 71.1 Å². The van der Waals surface area contributed by atoms with E-state index in [9.17, 15) is 10.1 Å². The number of anilines is 1. The second-order valence-corrected chi connectivity index (χ2v) is 7.71. The minimum absolute atomic E-state index is 0.153. The summed E-state index contributed by atoms with van der Waals surface area (Å²) in [4.78, 5) is 21.3. The molecule has 7 heteroatoms. The SMILES string of the molecule is N#Cc1cc2ccccc2nc1SCC(=O)Nc1nc(-c2ccccc2)cs1. The van der Waals surface area contributed by atoms with Crippen molar-refractivity contribution in [2.45, 2.75) is 5.03 Å². The van der Waals surface area contributed by atoms with Crippen molar-refractivity contribution < 1.29 is 4.79 Å². The maximum Gasteiger partial charge on any atom is 0.236 e. The number of pyridine rings is 1. The predicted octanol–water partition coefficient (Wildman–Crippen LogP) is 4.96. The van der Waals surface area contributed by atoms with E-state index in [0.29, 0.717) is 15.7 Å². The van der Waals surface area contributed by atoms with Crippen LogP contribution in [0.5, 0.6) is 0 Å². The zero-order chi connectivity index (χ0) is 19.3. The highest BCUT2D eigenvalue weighted by Gasteiger charge is 2.12. The number of hydrogen-bond acceptors (Lipinski definition) is 6. The van der Waals surface area contributed by atoms with E-state index in [1.54, 1.807) is 6.07 Å². The van der Waals surface area contributed by atoms with Gasteiger partial charge >= 0.3 is 0 Å². The van der Waals surface area contributed by atoms with Crippen LogP contribution in [0.4, 0.5) is 5.13 Å². The summed E-state index contributed by atoms with van der Waals surface area (Å²) < 4.78 is 0. The fraction of sp³-hybridized carbons (Fsp3) is 0.0476. The predicted molar refractivity (Wildman–Crippen MR) is 113 cm³/mol. The van der Waals surface area contributed by atoms with Gasteiger partial charge in [0.05, 0.1) is 22.5 Å². The van der Waals surface area contributed by atoms with Crippen LogP contribution in [0.2, 0.25) is 0 Å². The third-order valence-electron chi connectivity index (χ3n) is 3.97. The number of carbonyl (C=O) groups excluding carboxylic acids is 1. The zero-order valence-corrected chi connectivity index (χ0v) is 16.3. The average Bonchev–Trinajstić information content (AvgIpc) is 3.20. The summed E-state index contributed by atoms with van der Waals surface area (Å²) >= 11 is 2.63. The molecule has 0 saturated carbocycles. The van der Waals surface area contributed by atoms with Gasteiger partial charge in [-0.05, 0) is 12.1 Å². The Morgan fingerprint density at radius 2 is 1.89 bits per heavy atom. The number of thioether (sulfide) groups is 1. The minimum Gasteiger partial charge on any atom is -0.301 e. The number of carbonyl (C=O) groups is 1. The number of thiazole rings is 1. The number of hydrogen-bond donors (Lipinski definition) is 1. The number of benzene rings is 2. The van der Waals surface area contributed by atoms with E-state index in [-0.39, 0.29) is 11.7 Å². The molecule has 136 valence electrons. The Balaban J connectivity index is 1.43. The molecule has 0 unspecified atom stereocenters. The molecule has 28 heavy (non-hydrogen) atoms. The Bertz CT molecular complexity index is 1180. The fourth-order valence-corrected chi connectivity index (χ4v) is 4.15. The highest BCUT2D eigenvalue weighted by molar-refractivity contribution is 8.00. The van der Waals surface area contributed by atoms with E-state index in [1.165, 1.54) is 23.1 Å². The highest BCUT2D eigenvalue weighted by atomic mass is 32.2. The molecule has 0 aliphatic rings. The Kier molecular flexibility index (Phi) is 5.33. The Labute approximate surface area is 170 Å². The third kappa shape index (κ3) is 4.03. The second-order valence-electron chi connectivity index (χ2n) is 5.89. The largest absolute Gasteiger partial charge is 0.301 e. The van der Waals surface area contributed by atoms with Crippen LogP contribution in [0.1, 0.15) is 5.56 Å². The van der Waals surface area contributed by atoms with Crippen LogP contribution >= 0.6 is 23.1 Å². The van der Waals surface area contributed by atoms with Gasteiger partial charge in [-0.3, -0.25) is 4.79 Å². The van der Waals surface area contributed by atoms with E-state index in [2.05, 4.69) is 21.4 Å². The van der Waals surface area contributed by atoms with Gasteiger partial charge < -0.3 is 5.32 Å². The van der Waals surface area contributed by atoms with Gasteiger partial charge in [0.2, 0.25) is 5.91 Å². The van der Waals surface area contributed by atoms with Gasteiger partial charge in [-0.2, -0.15) is 5.26 Å². The quantitative estimate of drug-likeness (QED) is 0.477. The summed E-state index contributed by atoms with van der Waals surface area (Å²) in [7, 11) is 0. The van der Waals surface area contributed by atoms with Crippen LogP contribution < -0.4 is 5.32 Å². The number of nitrogens with zero attached hydrogens (tertiary/aromatic N) is 3. The molecule has 4 rings (SSSR count). The molecule has 0 spiro atoms. The first-order valence-corrected chi connectivity index (χ1v) is 10.3. The highest BCUT2D eigenvalue weighted by Crippen LogP contribution is 2.26. The summed E-state index contributed by atoms with van der Waals surface area (Å²) in [6, 6.07) is 21.4. The van der Waals surface area contributed by atoms with Crippen molar-refractivity contribution in [3.8, 4) is 17.3 Å². The molecule has 0 bridgehead atoms. The number of aromatic nitrogens is 2. The Hall–Kier alpha value is -3.21. The van der Waals surface area contributed by atoms with E-state index in [4.69, 9.17) is 0 Å². The Morgan fingerprint density at radius 1 is 1.11 bits per heavy atom. The van der Waals surface area contributed by atoms with Gasteiger partial charge in [0.15, 0.2) is 5.13 Å². The van der Waals surface area contributed by atoms with Gasteiger partial charge in [-0.1, -0.05) is 60.3 Å². The molecule has 0 atom stereocenters. The van der Waals surface area contributed by atoms with Gasteiger partial charge in [0.1, 0.15) is 11.1 Å². The molecule has 0 radical (unpaired) electrons. The van der Waals surface area contributed by atoms with Gasteiger partial charge in [0.25, 0.3) is 0 Å². The number of rotatable bonds is 5. The van der Waals surface area contributed by atoms with Crippen LogP contribution in [-0.4, -0.2) is 21.6 Å². The first kappa shape index (κ1) is 18.2. The molecule has 2 heterocycles. The van der Waals surface area contributed by atoms with Crippen molar-refractivity contribution in [1.29, 1.82) is 5.26 Å². The van der Waals surface area contributed by atoms with E-state index < -0.39 is 0 Å². The summed E-state index contributed by atoms with van der Waals surface area (Å²) in [6.45, 7) is 0. The van der Waals surface area contributed by atoms with Gasteiger partial charge in [0, 0.05) is 16.3 Å². The standard InChI is InChI=1S/C21H14N4OS2/c22-11-16-10-15-8-4-5-9-17(15)23-20(16)27-13-19(26)25-21-24-18(12-28-21)14-6-2-1-3-7-14/h1-10,12H,13H2,(H,24,25,26). The topological polar surface area (TPSA) is 78.7 Å². The van der Waals surface area contributed by atoms with Gasteiger partial charge in [-0.25, -0.2) is 9.97 Å². The van der Waals surface area contributed by atoms with E-state index in [0.717, 1.165) is 22.2 Å². The Morgan fingerprint density at radius 3 is 2.71 bits per heavy atom. The molecule has 0 fully saturated rings. The summed E-state index contributed by atoms with van der Waals surface area (Å²) in [5.41, 5.74) is 3.11. The number of nitriles is 1. The number of amides is 1. The molecular weight excluding hydrogens is 388 g/mol. The second kappa shape index (κ2) is 8.21. The summed E-state index contributed by atoms with van der Waals surface area (Å²) in [5.74, 6) is -0.0295. The lowest BCUT2D eigenvalue weighted by atomic mass is 10.2. The lowest BCUT2D eigenvalue weighted by molar-refractivity contribution is -0.113. The van der Waals surface area contributed by atoms with Gasteiger partial charge in [-0.15, -0.1) is 11.3 Å². The lowest BCUT2D eigenvalue weighted by Crippen LogP contribution is -2.14. The molecule has 1 N–H and O–H groups in total. The molecule has 2 aromatic carbocycles. The van der Waals surface area contributed by atoms with Crippen molar-refractivity contribution in [3.63, 3.8) is 0 Å². The molecule has 4 aromatic rings. The number of fused-ring (bicyclic) bond motifs is 1. The fourth-order valence-electron chi connectivity index (χ4n) is 2.65. The molecule has 1 amide bonds. The maximum atomic E-state index is 12.3. The summed E-state index contributed by atoms with van der Waals surface area (Å²) in [5, 5.41) is 16.1. The molecule has 2 aromatic heterocycles. The van der Waals surface area contributed by atoms with Crippen molar-refractivity contribution in [1.82, 2.24) is 9.97 Å². The number of nitrogens with one attached hydrogen (secondary N) is 1. The first-order chi connectivity index (χ1) is 13.7. The first-order valence-electron chi connectivity index (χ1n) is 8.46. The monoisotopic (exact) mass is 402 g/mol. The van der Waals surface area contributed by atoms with Crippen LogP contribution in [0.3, 0.4) is 0 Å². The van der Waals surface area contributed by atoms with Crippen molar-refractivity contribution in [2.24, 2.45) is 0 Å². The lowest BCUT2D eigenvalue weighted by Gasteiger charge is -2.05. The van der Waals surface area contributed by atoms with Crippen LogP contribution in [0, 0.1) is 11.3 Å². The zero-order valence-electron chi connectivity index (χ0n) is 14.6. The molecule has 0 aliphatic heterocycles. The normalized spacial score (nSPS) is 10.5. The smallest absolute Gasteiger partial charge is 0.236 e. The van der Waals surface area contributed by atoms with Crippen LogP contribution in [-0.2, 0) is 4.79 Å². The van der Waals surface area contributed by atoms with Crippen molar-refractivity contribution in [2.75, 3.05) is 11.1 Å². The minimum atomic E-state index is -0.183. The third-order valence-corrected chi connectivity index (χ3v) is 5.72.